The highest BCUT2D eigenvalue weighted by atomic mass is 35.5. The molecule has 1 fully saturated rings. The molecule has 1 atom stereocenters. The molecule has 0 aromatic heterocycles. The zero-order chi connectivity index (χ0) is 28.7. The van der Waals surface area contributed by atoms with E-state index in [0.717, 1.165) is 52.9 Å². The Morgan fingerprint density at radius 3 is 2.17 bits per heavy atom. The van der Waals surface area contributed by atoms with Gasteiger partial charge >= 0.3 is 0 Å². The lowest BCUT2D eigenvalue weighted by atomic mass is 10.0. The summed E-state index contributed by atoms with van der Waals surface area (Å²) in [6.07, 6.45) is 5.27. The Kier molecular flexibility index (Phi) is 9.87. The number of hydrogen-bond donors (Lipinski definition) is 1. The zero-order valence-electron chi connectivity index (χ0n) is 22.9. The Bertz CT molecular complexity index is 1410. The zero-order valence-corrected chi connectivity index (χ0v) is 24.5. The standard InChI is InChI=1S/C31H36ClN3O4S/c1-23-16-18-25(19-17-23)21-34(30(36)22-35(40(2,38)39)28-15-9-8-14-27(28)32)29(20-24-10-4-3-5-11-24)31(37)33-26-12-6-7-13-26/h3-5,8-11,14-19,26,29H,6-7,12-13,20-22H2,1-2H3,(H,33,37)/t29-/m1/s1. The van der Waals surface area contributed by atoms with Gasteiger partial charge in [0.15, 0.2) is 0 Å². The van der Waals surface area contributed by atoms with Gasteiger partial charge in [0.05, 0.1) is 17.0 Å². The summed E-state index contributed by atoms with van der Waals surface area (Å²) in [5.41, 5.74) is 3.03. The van der Waals surface area contributed by atoms with Crippen molar-refractivity contribution < 1.29 is 18.0 Å². The Morgan fingerprint density at radius 1 is 0.925 bits per heavy atom. The van der Waals surface area contributed by atoms with Gasteiger partial charge in [0, 0.05) is 19.0 Å². The van der Waals surface area contributed by atoms with Gasteiger partial charge in [-0.25, -0.2) is 8.42 Å². The first-order valence-corrected chi connectivity index (χ1v) is 15.8. The molecule has 212 valence electrons. The fourth-order valence-electron chi connectivity index (χ4n) is 5.06. The molecule has 0 bridgehead atoms. The Morgan fingerprint density at radius 2 is 1.55 bits per heavy atom. The first-order valence-electron chi connectivity index (χ1n) is 13.5. The Hall–Kier alpha value is -3.36. The molecule has 0 radical (unpaired) electrons. The number of sulfonamides is 1. The van der Waals surface area contributed by atoms with Gasteiger partial charge in [0.2, 0.25) is 21.8 Å². The summed E-state index contributed by atoms with van der Waals surface area (Å²) in [5.74, 6) is -0.728. The van der Waals surface area contributed by atoms with Crippen LogP contribution in [0.2, 0.25) is 5.02 Å². The summed E-state index contributed by atoms with van der Waals surface area (Å²) in [6.45, 7) is 1.64. The molecule has 9 heteroatoms. The van der Waals surface area contributed by atoms with E-state index < -0.39 is 28.5 Å². The van der Waals surface area contributed by atoms with E-state index in [9.17, 15) is 18.0 Å². The number of rotatable bonds is 11. The molecule has 0 heterocycles. The third-order valence-electron chi connectivity index (χ3n) is 7.25. The van der Waals surface area contributed by atoms with Crippen LogP contribution >= 0.6 is 11.6 Å². The minimum absolute atomic E-state index is 0.0674. The van der Waals surface area contributed by atoms with Gasteiger partial charge in [-0.15, -0.1) is 0 Å². The van der Waals surface area contributed by atoms with E-state index in [1.807, 2.05) is 61.5 Å². The van der Waals surface area contributed by atoms with E-state index in [2.05, 4.69) is 5.32 Å². The third kappa shape index (κ3) is 7.86. The highest BCUT2D eigenvalue weighted by Crippen LogP contribution is 2.28. The highest BCUT2D eigenvalue weighted by molar-refractivity contribution is 7.92. The van der Waals surface area contributed by atoms with Crippen LogP contribution in [-0.2, 0) is 32.6 Å². The smallest absolute Gasteiger partial charge is 0.244 e. The number of amides is 2. The van der Waals surface area contributed by atoms with Crippen molar-refractivity contribution >= 4 is 39.1 Å². The first kappa shape index (κ1) is 29.6. The Balaban J connectivity index is 1.72. The van der Waals surface area contributed by atoms with Gasteiger partial charge < -0.3 is 10.2 Å². The van der Waals surface area contributed by atoms with E-state index in [-0.39, 0.29) is 29.2 Å². The Labute approximate surface area is 242 Å². The van der Waals surface area contributed by atoms with E-state index in [0.29, 0.717) is 6.42 Å². The monoisotopic (exact) mass is 581 g/mol. The normalized spacial score (nSPS) is 14.5. The maximum Gasteiger partial charge on any atom is 0.244 e. The average molecular weight is 582 g/mol. The molecule has 2 amide bonds. The summed E-state index contributed by atoms with van der Waals surface area (Å²) >= 11 is 6.35. The van der Waals surface area contributed by atoms with Crippen LogP contribution in [0.1, 0.15) is 42.4 Å². The number of carbonyl (C=O) groups excluding carboxylic acids is 2. The van der Waals surface area contributed by atoms with Crippen molar-refractivity contribution in [2.45, 2.75) is 57.7 Å². The number of nitrogens with zero attached hydrogens (tertiary/aromatic N) is 2. The molecule has 0 spiro atoms. The van der Waals surface area contributed by atoms with Crippen LogP contribution in [0.3, 0.4) is 0 Å². The van der Waals surface area contributed by atoms with Gasteiger partial charge in [0.1, 0.15) is 12.6 Å². The molecule has 40 heavy (non-hydrogen) atoms. The number of benzene rings is 3. The molecule has 1 aliphatic carbocycles. The van der Waals surface area contributed by atoms with Crippen LogP contribution in [-0.4, -0.2) is 50.0 Å². The molecule has 0 unspecified atom stereocenters. The SMILES string of the molecule is Cc1ccc(CN(C(=O)CN(c2ccccc2Cl)S(C)(=O)=O)[C@H](Cc2ccccc2)C(=O)NC2CCCC2)cc1. The second-order valence-electron chi connectivity index (χ2n) is 10.4. The van der Waals surface area contributed by atoms with Crippen molar-refractivity contribution in [3.8, 4) is 0 Å². The second-order valence-corrected chi connectivity index (χ2v) is 12.7. The molecular weight excluding hydrogens is 546 g/mol. The molecule has 1 N–H and O–H groups in total. The van der Waals surface area contributed by atoms with Gasteiger partial charge in [-0.05, 0) is 43.0 Å². The van der Waals surface area contributed by atoms with Gasteiger partial charge in [-0.3, -0.25) is 13.9 Å². The van der Waals surface area contributed by atoms with Gasteiger partial charge in [0.25, 0.3) is 0 Å². The molecule has 7 nitrogen and oxygen atoms in total. The van der Waals surface area contributed by atoms with E-state index >= 15 is 0 Å². The van der Waals surface area contributed by atoms with Crippen LogP contribution in [0, 0.1) is 6.92 Å². The molecule has 0 aliphatic heterocycles. The van der Waals surface area contributed by atoms with Crippen LogP contribution < -0.4 is 9.62 Å². The predicted molar refractivity (Wildman–Crippen MR) is 160 cm³/mol. The lowest BCUT2D eigenvalue weighted by molar-refractivity contribution is -0.140. The summed E-state index contributed by atoms with van der Waals surface area (Å²) in [7, 11) is -3.87. The van der Waals surface area contributed by atoms with Crippen LogP contribution in [0.4, 0.5) is 5.69 Å². The van der Waals surface area contributed by atoms with Crippen molar-refractivity contribution in [3.05, 3.63) is 101 Å². The minimum Gasteiger partial charge on any atom is -0.352 e. The van der Waals surface area contributed by atoms with Crippen LogP contribution in [0.15, 0.2) is 78.9 Å². The average Bonchev–Trinajstić information content (AvgIpc) is 3.43. The highest BCUT2D eigenvalue weighted by Gasteiger charge is 2.34. The van der Waals surface area contributed by atoms with E-state index in [1.54, 1.807) is 24.3 Å². The van der Waals surface area contributed by atoms with Crippen LogP contribution in [0.5, 0.6) is 0 Å². The summed E-state index contributed by atoms with van der Waals surface area (Å²) in [5, 5.41) is 3.38. The predicted octanol–water partition coefficient (Wildman–Crippen LogP) is 5.11. The molecule has 1 saturated carbocycles. The fraction of sp³-hybridized carbons (Fsp3) is 0.355. The number of para-hydroxylation sites is 1. The number of carbonyl (C=O) groups is 2. The number of anilines is 1. The van der Waals surface area contributed by atoms with Crippen molar-refractivity contribution in [3.63, 3.8) is 0 Å². The minimum atomic E-state index is -3.87. The lowest BCUT2D eigenvalue weighted by Crippen LogP contribution is -2.54. The maximum absolute atomic E-state index is 14.1. The number of nitrogens with one attached hydrogen (secondary N) is 1. The number of halogens is 1. The van der Waals surface area contributed by atoms with Gasteiger partial charge in [-0.2, -0.15) is 0 Å². The van der Waals surface area contributed by atoms with Crippen LogP contribution in [0.25, 0.3) is 0 Å². The molecule has 4 rings (SSSR count). The first-order chi connectivity index (χ1) is 19.1. The van der Waals surface area contributed by atoms with E-state index in [1.165, 1.54) is 4.90 Å². The lowest BCUT2D eigenvalue weighted by Gasteiger charge is -2.34. The number of aryl methyl sites for hydroxylation is 1. The second kappa shape index (κ2) is 13.3. The summed E-state index contributed by atoms with van der Waals surface area (Å²) < 4.78 is 26.8. The number of hydrogen-bond acceptors (Lipinski definition) is 4. The molecule has 0 saturated heterocycles. The van der Waals surface area contributed by atoms with E-state index in [4.69, 9.17) is 11.6 Å². The molecule has 1 aliphatic rings. The quantitative estimate of drug-likeness (QED) is 0.341. The van der Waals surface area contributed by atoms with Crippen molar-refractivity contribution in [2.75, 3.05) is 17.1 Å². The topological polar surface area (TPSA) is 86.8 Å². The third-order valence-corrected chi connectivity index (χ3v) is 8.69. The molecule has 3 aromatic rings. The van der Waals surface area contributed by atoms with Crippen molar-refractivity contribution in [2.24, 2.45) is 0 Å². The fourth-order valence-corrected chi connectivity index (χ4v) is 6.21. The molecular formula is C31H36ClN3O4S. The largest absolute Gasteiger partial charge is 0.352 e. The summed E-state index contributed by atoms with van der Waals surface area (Å²) in [6, 6.07) is 23.0. The summed E-state index contributed by atoms with van der Waals surface area (Å²) in [4.78, 5) is 29.5. The van der Waals surface area contributed by atoms with Crippen molar-refractivity contribution in [1.29, 1.82) is 0 Å². The maximum atomic E-state index is 14.1. The molecule has 3 aromatic carbocycles. The van der Waals surface area contributed by atoms with Gasteiger partial charge in [-0.1, -0.05) is 96.7 Å². The van der Waals surface area contributed by atoms with Crippen molar-refractivity contribution in [1.82, 2.24) is 10.2 Å².